The minimum absolute atomic E-state index is 0.180. The Bertz CT molecular complexity index is 1230. The number of carbonyl (C=O) groups is 1. The molecule has 1 N–H and O–H groups in total. The van der Waals surface area contributed by atoms with Crippen LogP contribution in [0.15, 0.2) is 76.3 Å². The quantitative estimate of drug-likeness (QED) is 0.232. The summed E-state index contributed by atoms with van der Waals surface area (Å²) in [6.07, 6.45) is 0. The summed E-state index contributed by atoms with van der Waals surface area (Å²) in [5, 5.41) is 15.7. The normalized spacial score (nSPS) is 11.5. The molecular formula is C24H23N5OS2. The predicted molar refractivity (Wildman–Crippen MR) is 132 cm³/mol. The molecule has 4 rings (SSSR count). The van der Waals surface area contributed by atoms with Crippen LogP contribution in [0.3, 0.4) is 0 Å². The van der Waals surface area contributed by atoms with Crippen LogP contribution in [-0.2, 0) is 4.79 Å². The lowest BCUT2D eigenvalue weighted by Gasteiger charge is -2.11. The molecular weight excluding hydrogens is 438 g/mol. The van der Waals surface area contributed by atoms with Crippen molar-refractivity contribution in [2.24, 2.45) is 5.10 Å². The van der Waals surface area contributed by atoms with Gasteiger partial charge in [0, 0.05) is 16.1 Å². The number of amides is 1. The maximum absolute atomic E-state index is 12.4. The molecule has 2 heterocycles. The molecule has 0 fully saturated rings. The van der Waals surface area contributed by atoms with Gasteiger partial charge in [-0.05, 0) is 44.4 Å². The van der Waals surface area contributed by atoms with E-state index in [1.165, 1.54) is 22.9 Å². The summed E-state index contributed by atoms with van der Waals surface area (Å²) >= 11 is 2.92. The van der Waals surface area contributed by atoms with Crippen molar-refractivity contribution in [1.82, 2.24) is 20.2 Å². The Balaban J connectivity index is 1.55. The third-order valence-corrected chi connectivity index (χ3v) is 6.70. The van der Waals surface area contributed by atoms with Gasteiger partial charge in [0.1, 0.15) is 0 Å². The smallest absolute Gasteiger partial charge is 0.250 e. The Morgan fingerprint density at radius 2 is 1.72 bits per heavy atom. The fraction of sp³-hybridized carbons (Fsp3) is 0.167. The molecule has 1 amide bonds. The highest BCUT2D eigenvalue weighted by atomic mass is 32.2. The highest BCUT2D eigenvalue weighted by Crippen LogP contribution is 2.28. The fourth-order valence-corrected chi connectivity index (χ4v) is 4.45. The average Bonchev–Trinajstić information content (AvgIpc) is 3.48. The van der Waals surface area contributed by atoms with Crippen LogP contribution in [0.25, 0.3) is 17.1 Å². The zero-order chi connectivity index (χ0) is 22.5. The molecule has 0 aliphatic rings. The number of thiophene rings is 1. The van der Waals surface area contributed by atoms with Gasteiger partial charge < -0.3 is 0 Å². The summed E-state index contributed by atoms with van der Waals surface area (Å²) < 4.78 is 1.99. The highest BCUT2D eigenvalue weighted by molar-refractivity contribution is 7.99. The number of benzene rings is 2. The van der Waals surface area contributed by atoms with Gasteiger partial charge in [-0.1, -0.05) is 65.4 Å². The van der Waals surface area contributed by atoms with Gasteiger partial charge in [0.2, 0.25) is 0 Å². The summed E-state index contributed by atoms with van der Waals surface area (Å²) in [5.41, 5.74) is 7.68. The van der Waals surface area contributed by atoms with E-state index in [4.69, 9.17) is 0 Å². The number of nitrogens with one attached hydrogen (secondary N) is 1. The molecule has 0 spiro atoms. The predicted octanol–water partition coefficient (Wildman–Crippen LogP) is 5.25. The first kappa shape index (κ1) is 22.0. The molecule has 0 saturated carbocycles. The monoisotopic (exact) mass is 461 g/mol. The lowest BCUT2D eigenvalue weighted by Crippen LogP contribution is -2.21. The number of rotatable bonds is 7. The lowest BCUT2D eigenvalue weighted by molar-refractivity contribution is -0.118. The van der Waals surface area contributed by atoms with Crippen LogP contribution in [0.5, 0.6) is 0 Å². The van der Waals surface area contributed by atoms with Crippen LogP contribution in [0, 0.1) is 13.8 Å². The molecule has 0 unspecified atom stereocenters. The number of hydrazone groups is 1. The van der Waals surface area contributed by atoms with E-state index in [0.29, 0.717) is 5.16 Å². The summed E-state index contributed by atoms with van der Waals surface area (Å²) in [6.45, 7) is 5.98. The Hall–Kier alpha value is -3.23. The van der Waals surface area contributed by atoms with E-state index >= 15 is 0 Å². The molecule has 6 nitrogen and oxygen atoms in total. The Kier molecular flexibility index (Phi) is 6.82. The highest BCUT2D eigenvalue weighted by Gasteiger charge is 2.17. The largest absolute Gasteiger partial charge is 0.272 e. The topological polar surface area (TPSA) is 72.2 Å². The van der Waals surface area contributed by atoms with E-state index in [9.17, 15) is 4.79 Å². The van der Waals surface area contributed by atoms with Crippen LogP contribution in [0.2, 0.25) is 0 Å². The van der Waals surface area contributed by atoms with Crippen molar-refractivity contribution >= 4 is 34.7 Å². The number of thioether (sulfide) groups is 1. The first-order chi connectivity index (χ1) is 15.5. The van der Waals surface area contributed by atoms with Crippen LogP contribution < -0.4 is 5.43 Å². The number of hydrogen-bond donors (Lipinski definition) is 1. The van der Waals surface area contributed by atoms with E-state index in [-0.39, 0.29) is 11.7 Å². The molecule has 0 aliphatic heterocycles. The van der Waals surface area contributed by atoms with E-state index in [1.54, 1.807) is 11.3 Å². The van der Waals surface area contributed by atoms with Crippen molar-refractivity contribution in [3.63, 3.8) is 0 Å². The molecule has 2 aromatic carbocycles. The van der Waals surface area contributed by atoms with Crippen molar-refractivity contribution < 1.29 is 4.79 Å². The average molecular weight is 462 g/mol. The van der Waals surface area contributed by atoms with Gasteiger partial charge in [-0.25, -0.2) is 5.43 Å². The Labute approximate surface area is 195 Å². The van der Waals surface area contributed by atoms with E-state index < -0.39 is 0 Å². The summed E-state index contributed by atoms with van der Waals surface area (Å²) in [5.74, 6) is 0.726. The number of aromatic nitrogens is 3. The van der Waals surface area contributed by atoms with Gasteiger partial charge in [0.25, 0.3) is 5.91 Å². The second kappa shape index (κ2) is 9.93. The van der Waals surface area contributed by atoms with Gasteiger partial charge in [-0.2, -0.15) is 5.10 Å². The molecule has 0 bridgehead atoms. The third-order valence-electron chi connectivity index (χ3n) is 4.79. The van der Waals surface area contributed by atoms with Gasteiger partial charge >= 0.3 is 0 Å². The van der Waals surface area contributed by atoms with Gasteiger partial charge in [-0.15, -0.1) is 21.5 Å². The molecule has 0 aliphatic carbocycles. The third kappa shape index (κ3) is 5.15. The first-order valence-corrected chi connectivity index (χ1v) is 12.0. The summed E-state index contributed by atoms with van der Waals surface area (Å²) in [4.78, 5) is 13.4. The van der Waals surface area contributed by atoms with Crippen LogP contribution in [0.1, 0.15) is 22.9 Å². The van der Waals surface area contributed by atoms with Crippen LogP contribution in [-0.4, -0.2) is 32.1 Å². The molecule has 0 saturated heterocycles. The minimum Gasteiger partial charge on any atom is -0.272 e. The van der Waals surface area contributed by atoms with Crippen LogP contribution in [0.4, 0.5) is 0 Å². The molecule has 4 aromatic rings. The van der Waals surface area contributed by atoms with Crippen molar-refractivity contribution in [3.05, 3.63) is 82.0 Å². The van der Waals surface area contributed by atoms with Crippen molar-refractivity contribution in [3.8, 4) is 17.1 Å². The van der Waals surface area contributed by atoms with Gasteiger partial charge in [-0.3, -0.25) is 9.36 Å². The number of nitrogens with zero attached hydrogens (tertiary/aromatic N) is 4. The van der Waals surface area contributed by atoms with E-state index in [1.807, 2.05) is 53.3 Å². The second-order valence-corrected chi connectivity index (χ2v) is 9.23. The fourth-order valence-electron chi connectivity index (χ4n) is 3.03. The molecule has 0 atom stereocenters. The second-order valence-electron chi connectivity index (χ2n) is 7.34. The standard InChI is InChI=1S/C24H23N5OS2/c1-16-6-10-19(11-7-16)23-27-28-24(29(23)20-12-8-17(2)9-13-20)32-15-22(30)26-25-18(3)21-5-4-14-31-21/h4-14H,15H2,1-3H3,(H,26,30)/b25-18-. The molecule has 32 heavy (non-hydrogen) atoms. The number of aryl methyl sites for hydroxylation is 2. The minimum atomic E-state index is -0.193. The van der Waals surface area contributed by atoms with E-state index in [0.717, 1.165) is 27.7 Å². The summed E-state index contributed by atoms with van der Waals surface area (Å²) in [6, 6.07) is 20.3. The molecule has 162 valence electrons. The lowest BCUT2D eigenvalue weighted by atomic mass is 10.1. The maximum atomic E-state index is 12.4. The molecule has 2 aromatic heterocycles. The molecule has 8 heteroatoms. The molecule has 0 radical (unpaired) electrons. The van der Waals surface area contributed by atoms with Crippen LogP contribution >= 0.6 is 23.1 Å². The number of hydrogen-bond acceptors (Lipinski definition) is 6. The maximum Gasteiger partial charge on any atom is 0.250 e. The Morgan fingerprint density at radius 1 is 1.03 bits per heavy atom. The van der Waals surface area contributed by atoms with Gasteiger partial charge in [0.15, 0.2) is 11.0 Å². The Morgan fingerprint density at radius 3 is 2.38 bits per heavy atom. The SMILES string of the molecule is C/C(=N/NC(=O)CSc1nnc(-c2ccc(C)cc2)n1-c1ccc(C)cc1)c1cccs1. The van der Waals surface area contributed by atoms with Crippen molar-refractivity contribution in [1.29, 1.82) is 0 Å². The summed E-state index contributed by atoms with van der Waals surface area (Å²) in [7, 11) is 0. The van der Waals surface area contributed by atoms with Gasteiger partial charge in [0.05, 0.1) is 11.5 Å². The zero-order valence-electron chi connectivity index (χ0n) is 18.1. The van der Waals surface area contributed by atoms with E-state index in [2.05, 4.69) is 58.8 Å². The first-order valence-electron chi connectivity index (χ1n) is 10.1. The zero-order valence-corrected chi connectivity index (χ0v) is 19.7. The van der Waals surface area contributed by atoms with Crippen molar-refractivity contribution in [2.45, 2.75) is 25.9 Å². The van der Waals surface area contributed by atoms with Crippen molar-refractivity contribution in [2.75, 3.05) is 5.75 Å². The number of carbonyl (C=O) groups excluding carboxylic acids is 1.